The summed E-state index contributed by atoms with van der Waals surface area (Å²) in [5, 5.41) is 8.26. The van der Waals surface area contributed by atoms with Crippen LogP contribution in [0.25, 0.3) is 0 Å². The molecule has 1 rings (SSSR count). The Hall–Kier alpha value is -0.850. The number of hydrogen-bond acceptors (Lipinski definition) is 2. The van der Waals surface area contributed by atoms with Crippen LogP contribution in [0, 0.1) is 0 Å². The maximum Gasteiger partial charge on any atom is 0.360 e. The molecule has 0 radical (unpaired) electrons. The van der Waals surface area contributed by atoms with E-state index in [0.717, 1.165) is 0 Å². The van der Waals surface area contributed by atoms with Gasteiger partial charge in [0.2, 0.25) is 0 Å². The van der Waals surface area contributed by atoms with Gasteiger partial charge in [-0.2, -0.15) is 0 Å². The molecule has 1 aliphatic rings. The Morgan fingerprint density at radius 2 is 1.92 bits per heavy atom. The zero-order chi connectivity index (χ0) is 10.4. The van der Waals surface area contributed by atoms with E-state index in [2.05, 4.69) is 0 Å². The lowest BCUT2D eigenvalue weighted by Crippen LogP contribution is -2.51. The van der Waals surface area contributed by atoms with Crippen molar-refractivity contribution in [1.29, 1.82) is 0 Å². The molecular formula is C6H7F4NO2. The Morgan fingerprint density at radius 1 is 1.46 bits per heavy atom. The molecule has 0 aromatic rings. The topological polar surface area (TPSA) is 40.5 Å². The molecule has 1 aliphatic heterocycles. The minimum atomic E-state index is -3.61. The van der Waals surface area contributed by atoms with E-state index in [1.165, 1.54) is 0 Å². The van der Waals surface area contributed by atoms with Crippen molar-refractivity contribution in [2.45, 2.75) is 24.4 Å². The largest absolute Gasteiger partial charge is 0.478 e. The van der Waals surface area contributed by atoms with Gasteiger partial charge in [0.25, 0.3) is 5.79 Å². The second-order valence-corrected chi connectivity index (χ2v) is 2.81. The van der Waals surface area contributed by atoms with Gasteiger partial charge in [-0.15, -0.1) is 0 Å². The van der Waals surface area contributed by atoms with Crippen molar-refractivity contribution in [3.63, 3.8) is 0 Å². The number of nitrogens with zero attached hydrogens (tertiary/aromatic N) is 1. The molecule has 3 nitrogen and oxygen atoms in total. The lowest BCUT2D eigenvalue weighted by Gasteiger charge is -2.24. The number of alkyl halides is 4. The number of carboxylic acids is 1. The molecule has 0 spiro atoms. The molecule has 13 heavy (non-hydrogen) atoms. The molecule has 1 N–H and O–H groups in total. The van der Waals surface area contributed by atoms with E-state index in [1.54, 1.807) is 0 Å². The van der Waals surface area contributed by atoms with Crippen LogP contribution in [0.15, 0.2) is 0 Å². The fourth-order valence-corrected chi connectivity index (χ4v) is 1.21. The van der Waals surface area contributed by atoms with Crippen molar-refractivity contribution >= 4 is 5.97 Å². The van der Waals surface area contributed by atoms with Gasteiger partial charge in [0.1, 0.15) is 0 Å². The third-order valence-electron chi connectivity index (χ3n) is 2.09. The number of hydrogen-bond donors (Lipinski definition) is 1. The van der Waals surface area contributed by atoms with Crippen LogP contribution in [0.4, 0.5) is 17.6 Å². The predicted octanol–water partition coefficient (Wildman–Crippen LogP) is 0.654. The summed E-state index contributed by atoms with van der Waals surface area (Å²) in [4.78, 5) is 10.1. The summed E-state index contributed by atoms with van der Waals surface area (Å²) < 4.78 is 51.0. The Kier molecular flexibility index (Phi) is 2.23. The predicted molar refractivity (Wildman–Crippen MR) is 33.9 cm³/mol. The van der Waals surface area contributed by atoms with Gasteiger partial charge in [-0.3, -0.25) is 0 Å². The first-order chi connectivity index (χ1) is 5.83. The summed E-state index contributed by atoms with van der Waals surface area (Å²) in [7, 11) is 0.672. The number of aliphatic carboxylic acids is 1. The van der Waals surface area contributed by atoms with Gasteiger partial charge in [0.05, 0.1) is 0 Å². The first kappa shape index (κ1) is 10.2. The number of carboxylic acid groups (broad SMARTS) is 1. The molecule has 76 valence electrons. The van der Waals surface area contributed by atoms with Gasteiger partial charge in [-0.1, -0.05) is 0 Å². The highest BCUT2D eigenvalue weighted by atomic mass is 19.2. The van der Waals surface area contributed by atoms with Gasteiger partial charge in [0, 0.05) is 0 Å². The molecule has 0 amide bonds. The van der Waals surface area contributed by atoms with E-state index in [9.17, 15) is 22.4 Å². The normalized spacial score (nSPS) is 46.7. The highest BCUT2D eigenvalue weighted by Gasteiger charge is 2.65. The Bertz CT molecular complexity index is 223. The second kappa shape index (κ2) is 2.83. The first-order valence-corrected chi connectivity index (χ1v) is 3.41. The minimum absolute atomic E-state index is 0.106. The van der Waals surface area contributed by atoms with Crippen LogP contribution in [-0.2, 0) is 4.79 Å². The summed E-state index contributed by atoms with van der Waals surface area (Å²) in [6.45, 7) is 0. The molecule has 1 heterocycles. The van der Waals surface area contributed by atoms with Crippen molar-refractivity contribution < 1.29 is 27.5 Å². The molecule has 1 saturated heterocycles. The van der Waals surface area contributed by atoms with Gasteiger partial charge in [0.15, 0.2) is 18.6 Å². The molecule has 7 heteroatoms. The van der Waals surface area contributed by atoms with Crippen LogP contribution in [0.3, 0.4) is 0 Å². The van der Waals surface area contributed by atoms with Crippen LogP contribution in [0.5, 0.6) is 0 Å². The summed E-state index contributed by atoms with van der Waals surface area (Å²) >= 11 is 0. The molecule has 1 fully saturated rings. The highest BCUT2D eigenvalue weighted by molar-refractivity contribution is 5.78. The van der Waals surface area contributed by atoms with E-state index in [1.807, 2.05) is 0 Å². The van der Waals surface area contributed by atoms with Gasteiger partial charge >= 0.3 is 5.97 Å². The highest BCUT2D eigenvalue weighted by Crippen LogP contribution is 2.39. The van der Waals surface area contributed by atoms with Crippen molar-refractivity contribution in [3.8, 4) is 0 Å². The number of rotatable bonds is 1. The molecule has 0 aromatic carbocycles. The van der Waals surface area contributed by atoms with E-state index in [-0.39, 0.29) is 4.90 Å². The quantitative estimate of drug-likeness (QED) is 0.500. The van der Waals surface area contributed by atoms with Crippen molar-refractivity contribution in [3.05, 3.63) is 0 Å². The van der Waals surface area contributed by atoms with Crippen molar-refractivity contribution in [2.75, 3.05) is 7.05 Å². The molecule has 0 saturated carbocycles. The third-order valence-corrected chi connectivity index (χ3v) is 2.09. The van der Waals surface area contributed by atoms with Gasteiger partial charge < -0.3 is 5.11 Å². The number of likely N-dealkylation sites (tertiary alicyclic amines) is 1. The summed E-state index contributed by atoms with van der Waals surface area (Å²) in [5.41, 5.74) is 0. The van der Waals surface area contributed by atoms with Crippen LogP contribution < -0.4 is 0 Å². The smallest absolute Gasteiger partial charge is 0.360 e. The summed E-state index contributed by atoms with van der Waals surface area (Å²) in [5.74, 6) is -5.84. The second-order valence-electron chi connectivity index (χ2n) is 2.81. The fraction of sp³-hybridized carbons (Fsp3) is 0.833. The Morgan fingerprint density at radius 3 is 2.08 bits per heavy atom. The summed E-state index contributed by atoms with van der Waals surface area (Å²) in [6.07, 6.45) is -8.35. The van der Waals surface area contributed by atoms with Gasteiger partial charge in [-0.05, 0) is 7.05 Å². The standard InChI is InChI=1S/C6H7F4NO2/c1-11-4(9)2(7)3(8)6(11,10)5(12)13/h2-4H,1H3,(H,12,13). The minimum Gasteiger partial charge on any atom is -0.478 e. The van der Waals surface area contributed by atoms with Crippen LogP contribution in [-0.4, -0.2) is 47.5 Å². The van der Waals surface area contributed by atoms with Crippen molar-refractivity contribution in [1.82, 2.24) is 4.90 Å². The average Bonchev–Trinajstić information content (AvgIpc) is 2.22. The molecule has 0 aliphatic carbocycles. The first-order valence-electron chi connectivity index (χ1n) is 3.41. The van der Waals surface area contributed by atoms with Crippen molar-refractivity contribution in [2.24, 2.45) is 0 Å². The lowest BCUT2D eigenvalue weighted by atomic mass is 10.1. The molecule has 0 aromatic heterocycles. The maximum atomic E-state index is 13.2. The fourth-order valence-electron chi connectivity index (χ4n) is 1.21. The number of halogens is 4. The monoisotopic (exact) mass is 201 g/mol. The zero-order valence-corrected chi connectivity index (χ0v) is 6.55. The van der Waals surface area contributed by atoms with Crippen LogP contribution in [0.1, 0.15) is 0 Å². The van der Waals surface area contributed by atoms with E-state index < -0.39 is 30.4 Å². The average molecular weight is 201 g/mol. The number of carbonyl (C=O) groups is 1. The lowest BCUT2D eigenvalue weighted by molar-refractivity contribution is -0.170. The van der Waals surface area contributed by atoms with E-state index in [4.69, 9.17) is 5.11 Å². The zero-order valence-electron chi connectivity index (χ0n) is 6.55. The van der Waals surface area contributed by atoms with Crippen LogP contribution >= 0.6 is 0 Å². The maximum absolute atomic E-state index is 13.2. The Balaban J connectivity index is 3.05. The van der Waals surface area contributed by atoms with Crippen LogP contribution in [0.2, 0.25) is 0 Å². The summed E-state index contributed by atoms with van der Waals surface area (Å²) in [6, 6.07) is 0. The Labute approximate surface area is 70.9 Å². The SMILES string of the molecule is CN1C(F)C(F)C(F)C1(F)C(=O)O. The van der Waals surface area contributed by atoms with E-state index in [0.29, 0.717) is 7.05 Å². The molecule has 4 atom stereocenters. The molecule has 0 bridgehead atoms. The number of likely N-dealkylation sites (N-methyl/N-ethyl adjacent to an activating group) is 1. The van der Waals surface area contributed by atoms with Gasteiger partial charge in [-0.25, -0.2) is 27.3 Å². The van der Waals surface area contributed by atoms with E-state index >= 15 is 0 Å². The molecule has 4 unspecified atom stereocenters. The third kappa shape index (κ3) is 1.10. The molecular weight excluding hydrogens is 194 g/mol.